The van der Waals surface area contributed by atoms with Gasteiger partial charge in [-0.05, 0) is 47.7 Å². The van der Waals surface area contributed by atoms with Gasteiger partial charge in [-0.25, -0.2) is 4.79 Å². The zero-order chi connectivity index (χ0) is 19.5. The highest BCUT2D eigenvalue weighted by atomic mass is 16.5. The number of primary amides is 1. The van der Waals surface area contributed by atoms with E-state index in [1.807, 2.05) is 24.3 Å². The van der Waals surface area contributed by atoms with Crippen molar-refractivity contribution in [2.45, 2.75) is 25.6 Å². The van der Waals surface area contributed by atoms with E-state index in [1.54, 1.807) is 18.2 Å². The van der Waals surface area contributed by atoms with Crippen LogP contribution in [0.2, 0.25) is 0 Å². The first-order valence-corrected chi connectivity index (χ1v) is 9.26. The molecule has 2 aromatic carbocycles. The first kappa shape index (κ1) is 18.4. The van der Waals surface area contributed by atoms with E-state index in [1.165, 1.54) is 6.07 Å². The molecule has 2 heterocycles. The van der Waals surface area contributed by atoms with E-state index in [4.69, 9.17) is 19.6 Å². The topological polar surface area (TPSA) is 91.8 Å². The summed E-state index contributed by atoms with van der Waals surface area (Å²) in [7, 11) is 0. The number of fused-ring (bicyclic) bond motifs is 1. The molecule has 28 heavy (non-hydrogen) atoms. The largest absolute Gasteiger partial charge is 0.423 e. The molecule has 3 aromatic rings. The predicted octanol–water partition coefficient (Wildman–Crippen LogP) is 3.25. The Balaban J connectivity index is 1.61. The minimum absolute atomic E-state index is 0.239. The summed E-state index contributed by atoms with van der Waals surface area (Å²) < 4.78 is 16.5. The van der Waals surface area contributed by atoms with Gasteiger partial charge in [0, 0.05) is 30.2 Å². The molecular formula is C22H21NO5. The highest BCUT2D eigenvalue weighted by Crippen LogP contribution is 2.28. The van der Waals surface area contributed by atoms with Crippen molar-refractivity contribution in [3.63, 3.8) is 0 Å². The molecule has 0 saturated carbocycles. The van der Waals surface area contributed by atoms with E-state index >= 15 is 0 Å². The van der Waals surface area contributed by atoms with Crippen molar-refractivity contribution in [2.24, 2.45) is 5.73 Å². The fraction of sp³-hybridized carbons (Fsp3) is 0.273. The first-order chi connectivity index (χ1) is 13.6. The van der Waals surface area contributed by atoms with Crippen LogP contribution in [0.3, 0.4) is 0 Å². The van der Waals surface area contributed by atoms with Gasteiger partial charge in [0.1, 0.15) is 5.58 Å². The molecule has 1 saturated heterocycles. The van der Waals surface area contributed by atoms with Gasteiger partial charge in [0.15, 0.2) is 0 Å². The Kier molecular flexibility index (Phi) is 5.23. The van der Waals surface area contributed by atoms with Crippen molar-refractivity contribution in [3.8, 4) is 11.1 Å². The van der Waals surface area contributed by atoms with Crippen molar-refractivity contribution in [3.05, 3.63) is 70.1 Å². The normalized spacial score (nSPS) is 15.0. The van der Waals surface area contributed by atoms with Gasteiger partial charge in [0.2, 0.25) is 5.91 Å². The van der Waals surface area contributed by atoms with Crippen molar-refractivity contribution < 1.29 is 18.7 Å². The summed E-state index contributed by atoms with van der Waals surface area (Å²) in [5, 5.41) is 0.669. The van der Waals surface area contributed by atoms with Crippen molar-refractivity contribution in [1.82, 2.24) is 0 Å². The fourth-order valence-corrected chi connectivity index (χ4v) is 3.39. The Labute approximate surface area is 161 Å². The van der Waals surface area contributed by atoms with Gasteiger partial charge >= 0.3 is 5.63 Å². The monoisotopic (exact) mass is 379 g/mol. The third-order valence-corrected chi connectivity index (χ3v) is 4.95. The van der Waals surface area contributed by atoms with Crippen LogP contribution in [0.5, 0.6) is 0 Å². The molecule has 4 rings (SSSR count). The number of rotatable bonds is 5. The molecule has 0 bridgehead atoms. The van der Waals surface area contributed by atoms with E-state index in [9.17, 15) is 9.59 Å². The van der Waals surface area contributed by atoms with Crippen LogP contribution in [0.25, 0.3) is 22.1 Å². The van der Waals surface area contributed by atoms with Crippen LogP contribution < -0.4 is 11.4 Å². The number of amides is 1. The molecule has 1 aromatic heterocycles. The summed E-state index contributed by atoms with van der Waals surface area (Å²) in [6, 6.07) is 14.1. The molecule has 6 heteroatoms. The predicted molar refractivity (Wildman–Crippen MR) is 105 cm³/mol. The summed E-state index contributed by atoms with van der Waals surface area (Å²) in [4.78, 5) is 23.5. The van der Waals surface area contributed by atoms with E-state index in [0.29, 0.717) is 28.7 Å². The lowest BCUT2D eigenvalue weighted by Crippen LogP contribution is -2.23. The number of ether oxygens (including phenoxy) is 2. The Morgan fingerprint density at radius 1 is 1.07 bits per heavy atom. The van der Waals surface area contributed by atoms with Gasteiger partial charge in [0.05, 0.1) is 12.7 Å². The summed E-state index contributed by atoms with van der Waals surface area (Å²) in [6.07, 6.45) is 2.08. The number of carbonyl (C=O) groups excluding carboxylic acids is 1. The summed E-state index contributed by atoms with van der Waals surface area (Å²) in [5.41, 5.74) is 8.33. The second-order valence-corrected chi connectivity index (χ2v) is 6.87. The Morgan fingerprint density at radius 2 is 1.82 bits per heavy atom. The average molecular weight is 379 g/mol. The second kappa shape index (κ2) is 7.96. The highest BCUT2D eigenvalue weighted by molar-refractivity contribution is 6.00. The zero-order valence-corrected chi connectivity index (χ0v) is 15.4. The van der Waals surface area contributed by atoms with Crippen LogP contribution in [0, 0.1) is 0 Å². The van der Waals surface area contributed by atoms with Crippen molar-refractivity contribution in [1.29, 1.82) is 0 Å². The molecule has 0 aliphatic carbocycles. The Bertz CT molecular complexity index is 1050. The lowest BCUT2D eigenvalue weighted by molar-refractivity contribution is -0.0390. The maximum absolute atomic E-state index is 12.0. The summed E-state index contributed by atoms with van der Waals surface area (Å²) in [5.74, 6) is -0.528. The smallest absolute Gasteiger partial charge is 0.336 e. The van der Waals surface area contributed by atoms with Crippen LogP contribution in [0.4, 0.5) is 0 Å². The molecule has 0 unspecified atom stereocenters. The minimum Gasteiger partial charge on any atom is -0.423 e. The van der Waals surface area contributed by atoms with Gasteiger partial charge in [-0.15, -0.1) is 0 Å². The van der Waals surface area contributed by atoms with E-state index in [-0.39, 0.29) is 6.10 Å². The van der Waals surface area contributed by atoms with Gasteiger partial charge in [-0.2, -0.15) is 0 Å². The highest BCUT2D eigenvalue weighted by Gasteiger charge is 2.14. The van der Waals surface area contributed by atoms with Crippen LogP contribution in [-0.4, -0.2) is 25.2 Å². The molecular weight excluding hydrogens is 358 g/mol. The van der Waals surface area contributed by atoms with Gasteiger partial charge < -0.3 is 19.6 Å². The third kappa shape index (κ3) is 3.98. The molecule has 0 radical (unpaired) electrons. The number of hydrogen-bond acceptors (Lipinski definition) is 5. The van der Waals surface area contributed by atoms with Crippen LogP contribution in [0.15, 0.2) is 57.7 Å². The van der Waals surface area contributed by atoms with Gasteiger partial charge in [0.25, 0.3) is 0 Å². The molecule has 144 valence electrons. The van der Waals surface area contributed by atoms with Gasteiger partial charge in [-0.1, -0.05) is 24.3 Å². The lowest BCUT2D eigenvalue weighted by Gasteiger charge is -2.22. The molecule has 1 aliphatic rings. The number of benzene rings is 2. The second-order valence-electron chi connectivity index (χ2n) is 6.87. The molecule has 6 nitrogen and oxygen atoms in total. The third-order valence-electron chi connectivity index (χ3n) is 4.95. The SMILES string of the molecule is NC(=O)c1ccc2oc(=O)cc(-c3ccc(COC4CCOCC4)cc3)c2c1. The van der Waals surface area contributed by atoms with Crippen molar-refractivity contribution in [2.75, 3.05) is 13.2 Å². The van der Waals surface area contributed by atoms with E-state index < -0.39 is 11.5 Å². The lowest BCUT2D eigenvalue weighted by atomic mass is 9.99. The van der Waals surface area contributed by atoms with Crippen LogP contribution >= 0.6 is 0 Å². The van der Waals surface area contributed by atoms with Gasteiger partial charge in [-0.3, -0.25) is 4.79 Å². The average Bonchev–Trinajstić information content (AvgIpc) is 2.72. The number of hydrogen-bond donors (Lipinski definition) is 1. The molecule has 1 aliphatic heterocycles. The fourth-order valence-electron chi connectivity index (χ4n) is 3.39. The molecule has 0 atom stereocenters. The summed E-state index contributed by atoms with van der Waals surface area (Å²) >= 11 is 0. The maximum atomic E-state index is 12.0. The molecule has 0 spiro atoms. The van der Waals surface area contributed by atoms with Crippen LogP contribution in [-0.2, 0) is 16.1 Å². The van der Waals surface area contributed by atoms with E-state index in [0.717, 1.165) is 37.2 Å². The minimum atomic E-state index is -0.528. The van der Waals surface area contributed by atoms with E-state index in [2.05, 4.69) is 0 Å². The number of carbonyl (C=O) groups is 1. The zero-order valence-electron chi connectivity index (χ0n) is 15.4. The Hall–Kier alpha value is -2.96. The maximum Gasteiger partial charge on any atom is 0.336 e. The standard InChI is InChI=1S/C22H21NO5/c23-22(25)16-5-6-20-19(11-16)18(12-21(24)28-20)15-3-1-14(2-4-15)13-27-17-7-9-26-10-8-17/h1-6,11-12,17H,7-10,13H2,(H2,23,25). The number of nitrogens with two attached hydrogens (primary N) is 1. The summed E-state index contributed by atoms with van der Waals surface area (Å²) in [6.45, 7) is 2.04. The quantitative estimate of drug-likeness (QED) is 0.687. The van der Waals surface area contributed by atoms with Crippen molar-refractivity contribution >= 4 is 16.9 Å². The Morgan fingerprint density at radius 3 is 2.54 bits per heavy atom. The first-order valence-electron chi connectivity index (χ1n) is 9.26. The van der Waals surface area contributed by atoms with Crippen LogP contribution in [0.1, 0.15) is 28.8 Å². The molecule has 1 amide bonds. The molecule has 2 N–H and O–H groups in total. The molecule has 1 fully saturated rings.